The van der Waals surface area contributed by atoms with E-state index in [1.54, 1.807) is 6.07 Å². The van der Waals surface area contributed by atoms with Gasteiger partial charge in [0.25, 0.3) is 5.91 Å². The van der Waals surface area contributed by atoms with Gasteiger partial charge in [0, 0.05) is 36.2 Å². The van der Waals surface area contributed by atoms with E-state index in [2.05, 4.69) is 36.9 Å². The molecule has 23 heavy (non-hydrogen) atoms. The molecule has 0 bridgehead atoms. The smallest absolute Gasteiger partial charge is 0.251 e. The Balaban J connectivity index is 0.00000264. The lowest BCUT2D eigenvalue weighted by atomic mass is 10.2. The molecule has 1 aromatic carbocycles. The van der Waals surface area contributed by atoms with Crippen LogP contribution in [0.3, 0.4) is 0 Å². The van der Waals surface area contributed by atoms with Crippen LogP contribution in [0.2, 0.25) is 0 Å². The molecule has 1 amide bonds. The molecule has 1 aliphatic rings. The van der Waals surface area contributed by atoms with Gasteiger partial charge in [-0.2, -0.15) is 0 Å². The Hall–Kier alpha value is -0.830. The number of nitrogens with zero attached hydrogens (tertiary/aromatic N) is 1. The second-order valence-corrected chi connectivity index (χ2v) is 6.27. The monoisotopic (exact) mass is 494 g/mol. The van der Waals surface area contributed by atoms with E-state index < -0.39 is 0 Å². The van der Waals surface area contributed by atoms with E-state index in [1.165, 1.54) is 12.8 Å². The molecule has 0 spiro atoms. The van der Waals surface area contributed by atoms with Crippen LogP contribution in [0.5, 0.6) is 0 Å². The minimum Gasteiger partial charge on any atom is -0.357 e. The molecule has 1 fully saturated rings. The molecule has 0 saturated heterocycles. The molecule has 2 rings (SSSR count). The lowest BCUT2D eigenvalue weighted by molar-refractivity contribution is 0.0954. The molecule has 1 saturated carbocycles. The van der Waals surface area contributed by atoms with Gasteiger partial charge in [0.2, 0.25) is 0 Å². The van der Waals surface area contributed by atoms with E-state index in [4.69, 9.17) is 0 Å². The van der Waals surface area contributed by atoms with Crippen molar-refractivity contribution in [2.24, 2.45) is 10.9 Å². The fourth-order valence-electron chi connectivity index (χ4n) is 1.95. The first-order valence-electron chi connectivity index (χ1n) is 7.75. The SMILES string of the molecule is CCNC(=NCC1CC1)NCCNC(=O)c1cccc(Br)c1.I. The second kappa shape index (κ2) is 10.9. The highest BCUT2D eigenvalue weighted by molar-refractivity contribution is 14.0. The fourth-order valence-corrected chi connectivity index (χ4v) is 2.35. The number of aliphatic imine (C=N–C) groups is 1. The highest BCUT2D eigenvalue weighted by Gasteiger charge is 2.20. The Kier molecular flexibility index (Phi) is 9.54. The van der Waals surface area contributed by atoms with E-state index in [0.29, 0.717) is 18.7 Å². The maximum Gasteiger partial charge on any atom is 0.251 e. The van der Waals surface area contributed by atoms with Gasteiger partial charge >= 0.3 is 0 Å². The maximum absolute atomic E-state index is 12.0. The third-order valence-corrected chi connectivity index (χ3v) is 3.83. The van der Waals surface area contributed by atoms with Gasteiger partial charge in [0.15, 0.2) is 5.96 Å². The average Bonchev–Trinajstić information content (AvgIpc) is 3.33. The first kappa shape index (κ1) is 20.2. The summed E-state index contributed by atoms with van der Waals surface area (Å²) in [7, 11) is 0. The summed E-state index contributed by atoms with van der Waals surface area (Å²) in [5.74, 6) is 1.53. The zero-order valence-electron chi connectivity index (χ0n) is 13.3. The Morgan fingerprint density at radius 2 is 2.00 bits per heavy atom. The van der Waals surface area contributed by atoms with Gasteiger partial charge in [-0.15, -0.1) is 24.0 Å². The van der Waals surface area contributed by atoms with Crippen LogP contribution in [0.25, 0.3) is 0 Å². The van der Waals surface area contributed by atoms with E-state index in [0.717, 1.165) is 29.4 Å². The molecule has 0 atom stereocenters. The third-order valence-electron chi connectivity index (χ3n) is 3.34. The van der Waals surface area contributed by atoms with E-state index >= 15 is 0 Å². The van der Waals surface area contributed by atoms with Crippen molar-refractivity contribution in [1.82, 2.24) is 16.0 Å². The Morgan fingerprint density at radius 1 is 1.26 bits per heavy atom. The van der Waals surface area contributed by atoms with Gasteiger partial charge in [-0.1, -0.05) is 22.0 Å². The number of guanidine groups is 1. The third kappa shape index (κ3) is 8.01. The molecular formula is C16H24BrIN4O. The lowest BCUT2D eigenvalue weighted by Gasteiger charge is -2.12. The fraction of sp³-hybridized carbons (Fsp3) is 0.500. The number of nitrogens with one attached hydrogen (secondary N) is 3. The zero-order chi connectivity index (χ0) is 15.8. The van der Waals surface area contributed by atoms with Crippen LogP contribution in [0, 0.1) is 5.92 Å². The van der Waals surface area contributed by atoms with Crippen LogP contribution in [-0.2, 0) is 0 Å². The standard InChI is InChI=1S/C16H23BrN4O.HI/c1-2-18-16(21-11-12-6-7-12)20-9-8-19-15(22)13-4-3-5-14(17)10-13;/h3-5,10,12H,2,6-9,11H2,1H3,(H,19,22)(H2,18,20,21);1H. The van der Waals surface area contributed by atoms with Crippen LogP contribution in [0.1, 0.15) is 30.1 Å². The van der Waals surface area contributed by atoms with Gasteiger partial charge in [-0.05, 0) is 43.9 Å². The molecular weight excluding hydrogens is 471 g/mol. The van der Waals surface area contributed by atoms with Crippen LogP contribution in [0.4, 0.5) is 0 Å². The molecule has 0 radical (unpaired) electrons. The molecule has 0 aliphatic heterocycles. The molecule has 0 aromatic heterocycles. The van der Waals surface area contributed by atoms with Crippen molar-refractivity contribution >= 4 is 51.8 Å². The summed E-state index contributed by atoms with van der Waals surface area (Å²) < 4.78 is 0.903. The first-order chi connectivity index (χ1) is 10.7. The molecule has 0 unspecified atom stereocenters. The second-order valence-electron chi connectivity index (χ2n) is 5.36. The van der Waals surface area contributed by atoms with E-state index in [1.807, 2.05) is 25.1 Å². The minimum absolute atomic E-state index is 0. The first-order valence-corrected chi connectivity index (χ1v) is 8.54. The molecule has 3 N–H and O–H groups in total. The molecule has 5 nitrogen and oxygen atoms in total. The summed E-state index contributed by atoms with van der Waals surface area (Å²) in [4.78, 5) is 16.5. The van der Waals surface area contributed by atoms with Crippen molar-refractivity contribution in [3.05, 3.63) is 34.3 Å². The van der Waals surface area contributed by atoms with Gasteiger partial charge < -0.3 is 16.0 Å². The van der Waals surface area contributed by atoms with Crippen LogP contribution in [0.15, 0.2) is 33.7 Å². The van der Waals surface area contributed by atoms with Crippen LogP contribution < -0.4 is 16.0 Å². The van der Waals surface area contributed by atoms with Gasteiger partial charge in [-0.3, -0.25) is 9.79 Å². The number of hydrogen-bond donors (Lipinski definition) is 3. The average molecular weight is 495 g/mol. The van der Waals surface area contributed by atoms with Crippen LogP contribution >= 0.6 is 39.9 Å². The van der Waals surface area contributed by atoms with E-state index in [9.17, 15) is 4.79 Å². The number of amides is 1. The zero-order valence-corrected chi connectivity index (χ0v) is 17.2. The predicted octanol–water partition coefficient (Wildman–Crippen LogP) is 2.76. The highest BCUT2D eigenvalue weighted by atomic mass is 127. The topological polar surface area (TPSA) is 65.5 Å². The largest absolute Gasteiger partial charge is 0.357 e. The Bertz CT molecular complexity index is 535. The highest BCUT2D eigenvalue weighted by Crippen LogP contribution is 2.28. The van der Waals surface area contributed by atoms with Crippen molar-refractivity contribution in [2.75, 3.05) is 26.2 Å². The Morgan fingerprint density at radius 3 is 2.65 bits per heavy atom. The summed E-state index contributed by atoms with van der Waals surface area (Å²) in [6, 6.07) is 7.36. The maximum atomic E-state index is 12.0. The normalized spacial score (nSPS) is 13.9. The quantitative estimate of drug-likeness (QED) is 0.236. The van der Waals surface area contributed by atoms with Gasteiger partial charge in [0.1, 0.15) is 0 Å². The molecule has 1 aromatic rings. The number of halogens is 2. The van der Waals surface area contributed by atoms with Crippen molar-refractivity contribution < 1.29 is 4.79 Å². The Labute approximate surface area is 163 Å². The molecule has 128 valence electrons. The van der Waals surface area contributed by atoms with Crippen LogP contribution in [-0.4, -0.2) is 38.0 Å². The number of benzene rings is 1. The number of carbonyl (C=O) groups is 1. The van der Waals surface area contributed by atoms with Crippen molar-refractivity contribution in [2.45, 2.75) is 19.8 Å². The van der Waals surface area contributed by atoms with E-state index in [-0.39, 0.29) is 29.9 Å². The summed E-state index contributed by atoms with van der Waals surface area (Å²) >= 11 is 3.37. The minimum atomic E-state index is -0.0666. The lowest BCUT2D eigenvalue weighted by Crippen LogP contribution is -2.41. The molecule has 0 heterocycles. The number of hydrogen-bond acceptors (Lipinski definition) is 2. The predicted molar refractivity (Wildman–Crippen MR) is 109 cm³/mol. The summed E-state index contributed by atoms with van der Waals surface area (Å²) in [6.07, 6.45) is 2.59. The van der Waals surface area contributed by atoms with Crippen molar-refractivity contribution in [3.8, 4) is 0 Å². The number of carbonyl (C=O) groups excluding carboxylic acids is 1. The summed E-state index contributed by atoms with van der Waals surface area (Å²) in [5.41, 5.74) is 0.656. The van der Waals surface area contributed by atoms with Gasteiger partial charge in [-0.25, -0.2) is 0 Å². The molecule has 1 aliphatic carbocycles. The summed E-state index contributed by atoms with van der Waals surface area (Å²) in [6.45, 7) is 4.97. The van der Waals surface area contributed by atoms with Gasteiger partial charge in [0.05, 0.1) is 0 Å². The van der Waals surface area contributed by atoms with Crippen molar-refractivity contribution in [1.29, 1.82) is 0 Å². The molecule has 7 heteroatoms. The number of rotatable bonds is 7. The summed E-state index contributed by atoms with van der Waals surface area (Å²) in [5, 5.41) is 9.35. The van der Waals surface area contributed by atoms with Crippen molar-refractivity contribution in [3.63, 3.8) is 0 Å².